The van der Waals surface area contributed by atoms with Crippen LogP contribution in [-0.4, -0.2) is 38.5 Å². The van der Waals surface area contributed by atoms with Crippen LogP contribution in [0.2, 0.25) is 0 Å². The van der Waals surface area contributed by atoms with Gasteiger partial charge in [-0.2, -0.15) is 0 Å². The average molecular weight is 280 g/mol. The molecule has 0 fully saturated rings. The van der Waals surface area contributed by atoms with Crippen LogP contribution in [-0.2, 0) is 16.1 Å². The lowest BCUT2D eigenvalue weighted by Crippen LogP contribution is -2.17. The maximum atomic E-state index is 11.6. The first-order valence-electron chi connectivity index (χ1n) is 5.57. The van der Waals surface area contributed by atoms with Crippen LogP contribution in [0.3, 0.4) is 0 Å². The summed E-state index contributed by atoms with van der Waals surface area (Å²) in [7, 11) is 0. The van der Waals surface area contributed by atoms with Gasteiger partial charge < -0.3 is 9.94 Å². The predicted octanol–water partition coefficient (Wildman–Crippen LogP) is 1.13. The highest BCUT2D eigenvalue weighted by Gasteiger charge is 2.18. The number of carbonyl (C=O) groups excluding carboxylic acids is 1. The van der Waals surface area contributed by atoms with Gasteiger partial charge in [0.2, 0.25) is 5.71 Å². The van der Waals surface area contributed by atoms with Crippen LogP contribution in [0.25, 0.3) is 0 Å². The zero-order valence-corrected chi connectivity index (χ0v) is 11.0. The Balaban J connectivity index is 2.13. The Morgan fingerprint density at radius 3 is 3.05 bits per heavy atom. The van der Waals surface area contributed by atoms with Crippen LogP contribution in [0.15, 0.2) is 29.7 Å². The number of carbonyl (C=O) groups is 1. The van der Waals surface area contributed by atoms with E-state index in [9.17, 15) is 4.79 Å². The summed E-state index contributed by atoms with van der Waals surface area (Å²) < 4.78 is 6.48. The Morgan fingerprint density at radius 2 is 2.42 bits per heavy atom. The van der Waals surface area contributed by atoms with Crippen LogP contribution in [0, 0.1) is 0 Å². The Bertz CT molecular complexity index is 577. The van der Waals surface area contributed by atoms with Crippen molar-refractivity contribution in [2.45, 2.75) is 13.5 Å². The topological polar surface area (TPSA) is 89.6 Å². The fourth-order valence-electron chi connectivity index (χ4n) is 1.46. The largest absolute Gasteiger partial charge is 0.461 e. The zero-order valence-electron chi connectivity index (χ0n) is 10.2. The highest BCUT2D eigenvalue weighted by Crippen LogP contribution is 2.19. The molecule has 0 radical (unpaired) electrons. The van der Waals surface area contributed by atoms with Crippen molar-refractivity contribution in [3.05, 3.63) is 34.3 Å². The van der Waals surface area contributed by atoms with E-state index < -0.39 is 5.97 Å². The highest BCUT2D eigenvalue weighted by molar-refractivity contribution is 7.14. The number of hydrogen-bond acceptors (Lipinski definition) is 7. The van der Waals surface area contributed by atoms with Crippen LogP contribution >= 0.6 is 11.3 Å². The maximum absolute atomic E-state index is 11.6. The summed E-state index contributed by atoms with van der Waals surface area (Å²) in [6, 6.07) is 3.55. The number of thiophene rings is 1. The molecule has 8 heteroatoms. The van der Waals surface area contributed by atoms with Crippen molar-refractivity contribution in [2.75, 3.05) is 6.61 Å². The molecule has 19 heavy (non-hydrogen) atoms. The van der Waals surface area contributed by atoms with E-state index >= 15 is 0 Å². The minimum absolute atomic E-state index is 0.0864. The number of hydrogen-bond donors (Lipinski definition) is 1. The van der Waals surface area contributed by atoms with Gasteiger partial charge in [0.05, 0.1) is 24.2 Å². The second-order valence-corrected chi connectivity index (χ2v) is 4.70. The standard InChI is InChI=1S/C11H12N4O3S/c1-2-18-11(16)10(13-17)9-4-3-8(19-9)7-15-6-5-12-14-15/h3-6,17H,2,7H2,1H3. The maximum Gasteiger partial charge on any atom is 0.361 e. The molecule has 1 N–H and O–H groups in total. The summed E-state index contributed by atoms with van der Waals surface area (Å²) in [5, 5.41) is 19.5. The fourth-order valence-corrected chi connectivity index (χ4v) is 2.43. The smallest absolute Gasteiger partial charge is 0.361 e. The molecule has 0 saturated heterocycles. The number of nitrogens with zero attached hydrogens (tertiary/aromatic N) is 4. The van der Waals surface area contributed by atoms with E-state index in [1.807, 2.05) is 6.07 Å². The summed E-state index contributed by atoms with van der Waals surface area (Å²) in [4.78, 5) is 13.1. The molecule has 2 heterocycles. The van der Waals surface area contributed by atoms with Crippen molar-refractivity contribution in [1.29, 1.82) is 0 Å². The lowest BCUT2D eigenvalue weighted by atomic mass is 10.3. The van der Waals surface area contributed by atoms with E-state index in [1.54, 1.807) is 30.1 Å². The Kier molecular flexibility index (Phi) is 4.24. The van der Waals surface area contributed by atoms with E-state index in [2.05, 4.69) is 15.5 Å². The van der Waals surface area contributed by atoms with Crippen molar-refractivity contribution in [1.82, 2.24) is 15.0 Å². The zero-order chi connectivity index (χ0) is 13.7. The molecule has 0 saturated carbocycles. The summed E-state index contributed by atoms with van der Waals surface area (Å²) in [5.74, 6) is -0.640. The second kappa shape index (κ2) is 6.10. The van der Waals surface area contributed by atoms with Crippen molar-refractivity contribution in [2.24, 2.45) is 5.16 Å². The molecule has 100 valence electrons. The van der Waals surface area contributed by atoms with Crippen molar-refractivity contribution in [3.8, 4) is 0 Å². The van der Waals surface area contributed by atoms with Crippen LogP contribution in [0.5, 0.6) is 0 Å². The molecule has 2 aromatic heterocycles. The highest BCUT2D eigenvalue weighted by atomic mass is 32.1. The minimum atomic E-state index is -0.640. The van der Waals surface area contributed by atoms with Crippen molar-refractivity contribution < 1.29 is 14.7 Å². The summed E-state index contributed by atoms with van der Waals surface area (Å²) >= 11 is 1.34. The lowest BCUT2D eigenvalue weighted by Gasteiger charge is -2.01. The Morgan fingerprint density at radius 1 is 1.58 bits per heavy atom. The second-order valence-electron chi connectivity index (χ2n) is 3.54. The number of rotatable bonds is 5. The van der Waals surface area contributed by atoms with E-state index in [-0.39, 0.29) is 12.3 Å². The van der Waals surface area contributed by atoms with Gasteiger partial charge in [0.1, 0.15) is 0 Å². The van der Waals surface area contributed by atoms with Gasteiger partial charge in [-0.15, -0.1) is 16.4 Å². The van der Waals surface area contributed by atoms with Gasteiger partial charge in [-0.3, -0.25) is 0 Å². The molecule has 2 rings (SSSR count). The van der Waals surface area contributed by atoms with Crippen LogP contribution in [0.1, 0.15) is 16.7 Å². The van der Waals surface area contributed by atoms with Crippen molar-refractivity contribution in [3.63, 3.8) is 0 Å². The molecular weight excluding hydrogens is 268 g/mol. The van der Waals surface area contributed by atoms with E-state index in [1.165, 1.54) is 11.3 Å². The number of oxime groups is 1. The van der Waals surface area contributed by atoms with Gasteiger partial charge in [0, 0.05) is 11.1 Å². The Labute approximate surface area is 113 Å². The van der Waals surface area contributed by atoms with Crippen LogP contribution < -0.4 is 0 Å². The van der Waals surface area contributed by atoms with E-state index in [0.717, 1.165) is 4.88 Å². The molecule has 0 aliphatic rings. The molecule has 0 aromatic carbocycles. The third-order valence-electron chi connectivity index (χ3n) is 2.25. The first-order valence-corrected chi connectivity index (χ1v) is 6.38. The monoisotopic (exact) mass is 280 g/mol. The summed E-state index contributed by atoms with van der Waals surface area (Å²) in [6.45, 7) is 2.47. The molecule has 0 spiro atoms. The molecular formula is C11H12N4O3S. The minimum Gasteiger partial charge on any atom is -0.461 e. The summed E-state index contributed by atoms with van der Waals surface area (Å²) in [5.41, 5.74) is -0.0864. The summed E-state index contributed by atoms with van der Waals surface area (Å²) in [6.07, 6.45) is 3.33. The fraction of sp³-hybridized carbons (Fsp3) is 0.273. The lowest BCUT2D eigenvalue weighted by molar-refractivity contribution is -0.135. The molecule has 7 nitrogen and oxygen atoms in total. The molecule has 0 unspecified atom stereocenters. The quantitative estimate of drug-likeness (QED) is 0.384. The van der Waals surface area contributed by atoms with Gasteiger partial charge >= 0.3 is 5.97 Å². The molecule has 0 atom stereocenters. The normalized spacial score (nSPS) is 11.5. The van der Waals surface area contributed by atoms with Crippen molar-refractivity contribution >= 4 is 23.0 Å². The number of esters is 1. The van der Waals surface area contributed by atoms with Crippen LogP contribution in [0.4, 0.5) is 0 Å². The molecule has 0 aliphatic carbocycles. The number of ether oxygens (including phenoxy) is 1. The van der Waals surface area contributed by atoms with Gasteiger partial charge in [-0.05, 0) is 19.1 Å². The SMILES string of the molecule is CCOC(=O)C(=NO)c1ccc(Cn2ccnn2)s1. The first kappa shape index (κ1) is 13.2. The third kappa shape index (κ3) is 3.16. The van der Waals surface area contributed by atoms with Gasteiger partial charge in [-0.1, -0.05) is 10.4 Å². The number of aromatic nitrogens is 3. The van der Waals surface area contributed by atoms with E-state index in [4.69, 9.17) is 9.94 Å². The molecule has 0 bridgehead atoms. The molecule has 2 aromatic rings. The molecule has 0 aliphatic heterocycles. The van der Waals surface area contributed by atoms with Gasteiger partial charge in [-0.25, -0.2) is 9.48 Å². The van der Waals surface area contributed by atoms with E-state index in [0.29, 0.717) is 11.4 Å². The van der Waals surface area contributed by atoms with Gasteiger partial charge in [0.15, 0.2) is 0 Å². The Hall–Kier alpha value is -2.22. The average Bonchev–Trinajstić information content (AvgIpc) is 3.03. The third-order valence-corrected chi connectivity index (χ3v) is 3.33. The molecule has 0 amide bonds. The predicted molar refractivity (Wildman–Crippen MR) is 68.4 cm³/mol. The van der Waals surface area contributed by atoms with Gasteiger partial charge in [0.25, 0.3) is 0 Å². The first-order chi connectivity index (χ1) is 9.24.